The van der Waals surface area contributed by atoms with E-state index in [2.05, 4.69) is 14.9 Å². The van der Waals surface area contributed by atoms with Gasteiger partial charge in [-0.15, -0.1) is 0 Å². The standard InChI is InChI=1S/C24H26FN3O4S/c25-19-8-10-20(11-9-19)27-33(30,31)21-12-6-18(7-13-21)24(29)26-17-22(23-5-4-16-32-23)28-14-2-1-3-15-28/h4-13,16,22,27H,1-3,14-15,17H2,(H,26,29). The Morgan fingerprint density at radius 1 is 1.00 bits per heavy atom. The number of hydrogen-bond acceptors (Lipinski definition) is 5. The molecule has 1 aliphatic heterocycles. The molecule has 2 heterocycles. The van der Waals surface area contributed by atoms with Gasteiger partial charge in [0.15, 0.2) is 0 Å². The Labute approximate surface area is 192 Å². The SMILES string of the molecule is O=C(NCC(c1ccco1)N1CCCCC1)c1ccc(S(=O)(=O)Nc2ccc(F)cc2)cc1. The Kier molecular flexibility index (Phi) is 7.10. The van der Waals surface area contributed by atoms with E-state index in [1.807, 2.05) is 12.1 Å². The van der Waals surface area contributed by atoms with Crippen LogP contribution in [-0.4, -0.2) is 38.9 Å². The summed E-state index contributed by atoms with van der Waals surface area (Å²) in [4.78, 5) is 15.0. The molecule has 2 N–H and O–H groups in total. The first-order chi connectivity index (χ1) is 15.9. The Balaban J connectivity index is 1.40. The minimum absolute atomic E-state index is 0.00477. The summed E-state index contributed by atoms with van der Waals surface area (Å²) in [5.74, 6) is 0.0624. The van der Waals surface area contributed by atoms with Gasteiger partial charge in [-0.3, -0.25) is 14.4 Å². The number of carbonyl (C=O) groups excluding carboxylic acids is 1. The van der Waals surface area contributed by atoms with Gasteiger partial charge in [0.05, 0.1) is 17.2 Å². The van der Waals surface area contributed by atoms with E-state index >= 15 is 0 Å². The fraction of sp³-hybridized carbons (Fsp3) is 0.292. The van der Waals surface area contributed by atoms with E-state index in [-0.39, 0.29) is 22.5 Å². The number of sulfonamides is 1. The van der Waals surface area contributed by atoms with Gasteiger partial charge < -0.3 is 9.73 Å². The van der Waals surface area contributed by atoms with Crippen LogP contribution in [-0.2, 0) is 10.0 Å². The first kappa shape index (κ1) is 23.0. The molecule has 0 aliphatic carbocycles. The van der Waals surface area contributed by atoms with Gasteiger partial charge in [-0.25, -0.2) is 12.8 Å². The number of benzene rings is 2. The van der Waals surface area contributed by atoms with Gasteiger partial charge >= 0.3 is 0 Å². The second kappa shape index (κ2) is 10.2. The van der Waals surface area contributed by atoms with Crippen molar-refractivity contribution in [2.45, 2.75) is 30.2 Å². The van der Waals surface area contributed by atoms with Crippen LogP contribution in [0, 0.1) is 5.82 Å². The number of nitrogens with zero attached hydrogens (tertiary/aromatic N) is 1. The monoisotopic (exact) mass is 471 g/mol. The summed E-state index contributed by atoms with van der Waals surface area (Å²) in [6.45, 7) is 2.29. The van der Waals surface area contributed by atoms with Gasteiger partial charge in [-0.2, -0.15) is 0 Å². The summed E-state index contributed by atoms with van der Waals surface area (Å²) in [6.07, 6.45) is 5.08. The quantitative estimate of drug-likeness (QED) is 0.514. The average Bonchev–Trinajstić information content (AvgIpc) is 3.36. The number of rotatable bonds is 8. The van der Waals surface area contributed by atoms with Crippen molar-refractivity contribution in [1.82, 2.24) is 10.2 Å². The van der Waals surface area contributed by atoms with E-state index in [9.17, 15) is 17.6 Å². The van der Waals surface area contributed by atoms with Crippen molar-refractivity contribution in [2.75, 3.05) is 24.4 Å². The molecule has 1 aromatic heterocycles. The van der Waals surface area contributed by atoms with Crippen molar-refractivity contribution in [2.24, 2.45) is 0 Å². The smallest absolute Gasteiger partial charge is 0.261 e. The van der Waals surface area contributed by atoms with E-state index in [4.69, 9.17) is 4.42 Å². The highest BCUT2D eigenvalue weighted by atomic mass is 32.2. The fourth-order valence-corrected chi connectivity index (χ4v) is 4.99. The molecule has 1 amide bonds. The van der Waals surface area contributed by atoms with Crippen LogP contribution in [0.2, 0.25) is 0 Å². The molecule has 174 valence electrons. The van der Waals surface area contributed by atoms with Crippen molar-refractivity contribution >= 4 is 21.6 Å². The Hall–Kier alpha value is -3.17. The first-order valence-electron chi connectivity index (χ1n) is 10.9. The van der Waals surface area contributed by atoms with Gasteiger partial charge in [0.2, 0.25) is 0 Å². The minimum Gasteiger partial charge on any atom is -0.468 e. The van der Waals surface area contributed by atoms with Crippen molar-refractivity contribution in [3.05, 3.63) is 84.1 Å². The lowest BCUT2D eigenvalue weighted by molar-refractivity contribution is 0.0914. The van der Waals surface area contributed by atoms with Crippen LogP contribution < -0.4 is 10.0 Å². The maximum Gasteiger partial charge on any atom is 0.261 e. The van der Waals surface area contributed by atoms with Gasteiger partial charge in [0.1, 0.15) is 11.6 Å². The molecule has 0 spiro atoms. The van der Waals surface area contributed by atoms with Crippen LogP contribution in [0.5, 0.6) is 0 Å². The summed E-state index contributed by atoms with van der Waals surface area (Å²) in [6, 6.07) is 14.4. The molecule has 3 aromatic rings. The number of piperidine rings is 1. The van der Waals surface area contributed by atoms with Gasteiger partial charge in [0, 0.05) is 17.8 Å². The molecule has 4 rings (SSSR count). The number of nitrogens with one attached hydrogen (secondary N) is 2. The summed E-state index contributed by atoms with van der Waals surface area (Å²) >= 11 is 0. The Bertz CT molecular complexity index is 1160. The lowest BCUT2D eigenvalue weighted by Gasteiger charge is -2.33. The van der Waals surface area contributed by atoms with Crippen LogP contribution in [0.25, 0.3) is 0 Å². The van der Waals surface area contributed by atoms with Gasteiger partial charge in [-0.1, -0.05) is 6.42 Å². The lowest BCUT2D eigenvalue weighted by Crippen LogP contribution is -2.40. The Morgan fingerprint density at radius 3 is 2.33 bits per heavy atom. The highest BCUT2D eigenvalue weighted by Crippen LogP contribution is 2.25. The molecule has 1 fully saturated rings. The zero-order valence-corrected chi connectivity index (χ0v) is 18.9. The van der Waals surface area contributed by atoms with Crippen molar-refractivity contribution in [1.29, 1.82) is 0 Å². The maximum atomic E-state index is 13.0. The molecular weight excluding hydrogens is 445 g/mol. The summed E-state index contributed by atoms with van der Waals surface area (Å²) in [5.41, 5.74) is 0.604. The Morgan fingerprint density at radius 2 is 1.70 bits per heavy atom. The number of likely N-dealkylation sites (tertiary alicyclic amines) is 1. The van der Waals surface area contributed by atoms with Crippen LogP contribution in [0.1, 0.15) is 41.4 Å². The second-order valence-electron chi connectivity index (χ2n) is 7.97. The zero-order valence-electron chi connectivity index (χ0n) is 18.0. The highest BCUT2D eigenvalue weighted by Gasteiger charge is 2.25. The maximum absolute atomic E-state index is 13.0. The zero-order chi connectivity index (χ0) is 23.3. The molecule has 1 saturated heterocycles. The molecule has 1 atom stereocenters. The molecule has 2 aromatic carbocycles. The lowest BCUT2D eigenvalue weighted by atomic mass is 10.1. The number of halogens is 1. The fourth-order valence-electron chi connectivity index (χ4n) is 3.93. The largest absolute Gasteiger partial charge is 0.468 e. The van der Waals surface area contributed by atoms with Crippen LogP contribution >= 0.6 is 0 Å². The van der Waals surface area contributed by atoms with Crippen LogP contribution in [0.3, 0.4) is 0 Å². The van der Waals surface area contributed by atoms with E-state index in [1.165, 1.54) is 55.0 Å². The van der Waals surface area contributed by atoms with E-state index in [0.29, 0.717) is 12.1 Å². The van der Waals surface area contributed by atoms with Crippen molar-refractivity contribution < 1.29 is 22.0 Å². The van der Waals surface area contributed by atoms with Crippen LogP contribution in [0.15, 0.2) is 76.2 Å². The van der Waals surface area contributed by atoms with E-state index in [0.717, 1.165) is 31.7 Å². The normalized spacial score (nSPS) is 15.7. The summed E-state index contributed by atoms with van der Waals surface area (Å²) < 4.78 is 46.2. The second-order valence-corrected chi connectivity index (χ2v) is 9.66. The third-order valence-corrected chi connectivity index (χ3v) is 7.08. The topological polar surface area (TPSA) is 91.7 Å². The molecule has 0 bridgehead atoms. The molecule has 0 saturated carbocycles. The molecule has 1 aliphatic rings. The number of amides is 1. The minimum atomic E-state index is -3.86. The van der Waals surface area contributed by atoms with Crippen molar-refractivity contribution in [3.8, 4) is 0 Å². The average molecular weight is 472 g/mol. The number of carbonyl (C=O) groups is 1. The van der Waals surface area contributed by atoms with E-state index < -0.39 is 15.8 Å². The van der Waals surface area contributed by atoms with Gasteiger partial charge in [-0.05, 0) is 86.6 Å². The number of hydrogen-bond donors (Lipinski definition) is 2. The summed E-state index contributed by atoms with van der Waals surface area (Å²) in [7, 11) is -3.86. The highest BCUT2D eigenvalue weighted by molar-refractivity contribution is 7.92. The van der Waals surface area contributed by atoms with Gasteiger partial charge in [0.25, 0.3) is 15.9 Å². The first-order valence-corrected chi connectivity index (χ1v) is 12.3. The molecule has 1 unspecified atom stereocenters. The number of furan rings is 1. The predicted molar refractivity (Wildman–Crippen MR) is 123 cm³/mol. The molecule has 33 heavy (non-hydrogen) atoms. The molecule has 7 nitrogen and oxygen atoms in total. The third kappa shape index (κ3) is 5.80. The molecule has 9 heteroatoms. The number of anilines is 1. The molecule has 0 radical (unpaired) electrons. The predicted octanol–water partition coefficient (Wildman–Crippen LogP) is 4.18. The molecular formula is C24H26FN3O4S. The van der Waals surface area contributed by atoms with Crippen molar-refractivity contribution in [3.63, 3.8) is 0 Å². The van der Waals surface area contributed by atoms with Crippen LogP contribution in [0.4, 0.5) is 10.1 Å². The third-order valence-electron chi connectivity index (χ3n) is 5.68. The van der Waals surface area contributed by atoms with E-state index in [1.54, 1.807) is 6.26 Å². The summed E-state index contributed by atoms with van der Waals surface area (Å²) in [5, 5.41) is 2.95.